The summed E-state index contributed by atoms with van der Waals surface area (Å²) in [6.45, 7) is 8.80. The number of benzene rings is 1. The first-order valence-electron chi connectivity index (χ1n) is 6.40. The molecule has 0 radical (unpaired) electrons. The lowest BCUT2D eigenvalue weighted by molar-refractivity contribution is 0.588. The summed E-state index contributed by atoms with van der Waals surface area (Å²) in [7, 11) is 0. The van der Waals surface area contributed by atoms with E-state index in [1.54, 1.807) is 0 Å². The third-order valence-corrected chi connectivity index (χ3v) is 5.22. The number of nitrogens with one attached hydrogen (secondary N) is 1. The normalized spacial score (nSPS) is 15.2. The van der Waals surface area contributed by atoms with E-state index < -0.39 is 0 Å². The molecule has 1 aromatic carbocycles. The monoisotopic (exact) mass is 371 g/mol. The molecule has 1 N–H and O–H groups in total. The fourth-order valence-corrected chi connectivity index (χ4v) is 3.05. The Bertz CT molecular complexity index is 516. The van der Waals surface area contributed by atoms with Crippen LogP contribution < -0.4 is 10.2 Å². The highest BCUT2D eigenvalue weighted by Crippen LogP contribution is 2.30. The summed E-state index contributed by atoms with van der Waals surface area (Å²) in [5.41, 5.74) is 13.5. The van der Waals surface area contributed by atoms with Crippen LogP contribution in [0.5, 0.6) is 0 Å². The second kappa shape index (κ2) is 6.45. The standard InChI is InChI=1S/C13H18IN5/c1-9-11(8-17-18-15)7-12(10(2)13(9)14)19-5-3-16-4-6-19/h7,16H,3-6,8H2,1-2H3. The van der Waals surface area contributed by atoms with Crippen molar-refractivity contribution in [3.63, 3.8) is 0 Å². The number of hydrogen-bond acceptors (Lipinski definition) is 3. The van der Waals surface area contributed by atoms with Crippen molar-refractivity contribution in [2.75, 3.05) is 31.1 Å². The van der Waals surface area contributed by atoms with Crippen molar-refractivity contribution in [3.05, 3.63) is 36.8 Å². The molecule has 0 aliphatic carbocycles. The minimum Gasteiger partial charge on any atom is -0.369 e. The van der Waals surface area contributed by atoms with Crippen LogP contribution in [0.1, 0.15) is 16.7 Å². The van der Waals surface area contributed by atoms with Gasteiger partial charge in [-0.1, -0.05) is 5.11 Å². The number of piperazine rings is 1. The number of hydrogen-bond donors (Lipinski definition) is 1. The maximum atomic E-state index is 8.50. The Hall–Kier alpha value is -0.980. The third-order valence-electron chi connectivity index (χ3n) is 3.60. The van der Waals surface area contributed by atoms with E-state index in [4.69, 9.17) is 5.53 Å². The van der Waals surface area contributed by atoms with Gasteiger partial charge in [-0.2, -0.15) is 0 Å². The van der Waals surface area contributed by atoms with Gasteiger partial charge in [0.05, 0.1) is 6.54 Å². The van der Waals surface area contributed by atoms with E-state index in [9.17, 15) is 0 Å². The molecular formula is C13H18IN5. The van der Waals surface area contributed by atoms with Crippen LogP contribution in [-0.4, -0.2) is 26.2 Å². The maximum Gasteiger partial charge on any atom is 0.0514 e. The number of azide groups is 1. The van der Waals surface area contributed by atoms with Crippen molar-refractivity contribution in [3.8, 4) is 0 Å². The number of rotatable bonds is 3. The molecule has 1 aliphatic heterocycles. The van der Waals surface area contributed by atoms with E-state index in [1.807, 2.05) is 0 Å². The van der Waals surface area contributed by atoms with Gasteiger partial charge in [0, 0.05) is 40.3 Å². The molecule has 0 atom stereocenters. The average Bonchev–Trinajstić information content (AvgIpc) is 2.45. The molecule has 1 saturated heterocycles. The van der Waals surface area contributed by atoms with E-state index >= 15 is 0 Å². The highest BCUT2D eigenvalue weighted by atomic mass is 127. The van der Waals surface area contributed by atoms with Crippen molar-refractivity contribution < 1.29 is 0 Å². The number of nitrogens with zero attached hydrogens (tertiary/aromatic N) is 4. The molecule has 0 unspecified atom stereocenters. The molecule has 1 fully saturated rings. The number of anilines is 1. The van der Waals surface area contributed by atoms with Crippen LogP contribution in [0.4, 0.5) is 5.69 Å². The Morgan fingerprint density at radius 3 is 2.68 bits per heavy atom. The predicted octanol–water partition coefficient (Wildman–Crippen LogP) is 3.13. The summed E-state index contributed by atoms with van der Waals surface area (Å²) in [6.07, 6.45) is 0. The van der Waals surface area contributed by atoms with Crippen LogP contribution in [0.25, 0.3) is 10.4 Å². The van der Waals surface area contributed by atoms with Gasteiger partial charge in [0.1, 0.15) is 0 Å². The first-order valence-corrected chi connectivity index (χ1v) is 7.48. The summed E-state index contributed by atoms with van der Waals surface area (Å²) in [4.78, 5) is 5.28. The van der Waals surface area contributed by atoms with Gasteiger partial charge in [-0.15, -0.1) is 0 Å². The Kier molecular flexibility index (Phi) is 4.90. The first-order chi connectivity index (χ1) is 9.15. The SMILES string of the molecule is Cc1c(CN=[N+]=[N-])cc(N2CCNCC2)c(C)c1I. The van der Waals surface area contributed by atoms with E-state index in [-0.39, 0.29) is 0 Å². The van der Waals surface area contributed by atoms with E-state index in [2.05, 4.69) is 62.7 Å². The zero-order valence-corrected chi connectivity index (χ0v) is 13.4. The molecule has 5 nitrogen and oxygen atoms in total. The molecular weight excluding hydrogens is 353 g/mol. The molecule has 1 aliphatic rings. The van der Waals surface area contributed by atoms with Crippen LogP contribution in [0.2, 0.25) is 0 Å². The average molecular weight is 371 g/mol. The lowest BCUT2D eigenvalue weighted by atomic mass is 10.0. The largest absolute Gasteiger partial charge is 0.369 e. The van der Waals surface area contributed by atoms with Crippen molar-refractivity contribution in [1.82, 2.24) is 5.32 Å². The fourth-order valence-electron chi connectivity index (χ4n) is 2.42. The summed E-state index contributed by atoms with van der Waals surface area (Å²) in [6, 6.07) is 2.19. The van der Waals surface area contributed by atoms with Crippen molar-refractivity contribution >= 4 is 28.3 Å². The highest BCUT2D eigenvalue weighted by Gasteiger charge is 2.17. The minimum absolute atomic E-state index is 0.428. The molecule has 0 aromatic heterocycles. The quantitative estimate of drug-likeness (QED) is 0.384. The second-order valence-electron chi connectivity index (χ2n) is 4.74. The summed E-state index contributed by atoms with van der Waals surface area (Å²) < 4.78 is 1.27. The molecule has 0 spiro atoms. The Labute approximate surface area is 127 Å². The van der Waals surface area contributed by atoms with Crippen LogP contribution in [0.3, 0.4) is 0 Å². The molecule has 6 heteroatoms. The lowest BCUT2D eigenvalue weighted by Crippen LogP contribution is -2.43. The topological polar surface area (TPSA) is 64.0 Å². The molecule has 0 saturated carbocycles. The summed E-state index contributed by atoms with van der Waals surface area (Å²) in [5, 5.41) is 7.07. The summed E-state index contributed by atoms with van der Waals surface area (Å²) in [5.74, 6) is 0. The van der Waals surface area contributed by atoms with Gasteiger partial charge in [-0.3, -0.25) is 0 Å². The third kappa shape index (κ3) is 3.13. The van der Waals surface area contributed by atoms with E-state index in [0.717, 1.165) is 31.7 Å². The van der Waals surface area contributed by atoms with Crippen LogP contribution >= 0.6 is 22.6 Å². The van der Waals surface area contributed by atoms with Crippen LogP contribution in [0, 0.1) is 17.4 Å². The smallest absolute Gasteiger partial charge is 0.0514 e. The van der Waals surface area contributed by atoms with Gasteiger partial charge in [-0.05, 0) is 64.7 Å². The molecule has 0 amide bonds. The van der Waals surface area contributed by atoms with Gasteiger partial charge in [-0.25, -0.2) is 0 Å². The van der Waals surface area contributed by atoms with Gasteiger partial charge in [0.2, 0.25) is 0 Å². The van der Waals surface area contributed by atoms with Gasteiger partial charge in [0.25, 0.3) is 0 Å². The van der Waals surface area contributed by atoms with E-state index in [0.29, 0.717) is 6.54 Å². The van der Waals surface area contributed by atoms with Crippen molar-refractivity contribution in [1.29, 1.82) is 0 Å². The number of halogens is 1. The van der Waals surface area contributed by atoms with Gasteiger partial charge < -0.3 is 10.2 Å². The van der Waals surface area contributed by atoms with Gasteiger partial charge in [0.15, 0.2) is 0 Å². The maximum absolute atomic E-state index is 8.50. The zero-order chi connectivity index (χ0) is 13.8. The molecule has 19 heavy (non-hydrogen) atoms. The Balaban J connectivity index is 2.41. The Morgan fingerprint density at radius 1 is 1.37 bits per heavy atom. The lowest BCUT2D eigenvalue weighted by Gasteiger charge is -2.32. The minimum atomic E-state index is 0.428. The summed E-state index contributed by atoms with van der Waals surface area (Å²) >= 11 is 2.39. The van der Waals surface area contributed by atoms with Crippen LogP contribution in [0.15, 0.2) is 11.2 Å². The molecule has 1 heterocycles. The molecule has 2 rings (SSSR count). The Morgan fingerprint density at radius 2 is 2.05 bits per heavy atom. The van der Waals surface area contributed by atoms with Gasteiger partial charge >= 0.3 is 0 Å². The molecule has 1 aromatic rings. The first kappa shape index (κ1) is 14.4. The molecule has 102 valence electrons. The predicted molar refractivity (Wildman–Crippen MR) is 86.6 cm³/mol. The van der Waals surface area contributed by atoms with Crippen LogP contribution in [-0.2, 0) is 6.54 Å². The molecule has 0 bridgehead atoms. The second-order valence-corrected chi connectivity index (χ2v) is 5.82. The highest BCUT2D eigenvalue weighted by molar-refractivity contribution is 14.1. The van der Waals surface area contributed by atoms with Crippen molar-refractivity contribution in [2.45, 2.75) is 20.4 Å². The zero-order valence-electron chi connectivity index (χ0n) is 11.3. The van der Waals surface area contributed by atoms with Crippen molar-refractivity contribution in [2.24, 2.45) is 5.11 Å². The fraction of sp³-hybridized carbons (Fsp3) is 0.538. The van der Waals surface area contributed by atoms with E-state index in [1.165, 1.54) is 20.4 Å².